The van der Waals surface area contributed by atoms with Crippen LogP contribution in [0.1, 0.15) is 51.2 Å². The smallest absolute Gasteiger partial charge is 0.319 e. The van der Waals surface area contributed by atoms with Crippen LogP contribution in [0.2, 0.25) is 0 Å². The predicted octanol–water partition coefficient (Wildman–Crippen LogP) is 7.41. The molecule has 2 atom stereocenters. The molecular weight excluding hydrogens is 695 g/mol. The molecule has 7 rings (SSSR count). The fourth-order valence-electron chi connectivity index (χ4n) is 7.03. The number of allylic oxidation sites excluding steroid dienone is 3. The van der Waals surface area contributed by atoms with Gasteiger partial charge in [0, 0.05) is 70.5 Å². The first-order valence-electron chi connectivity index (χ1n) is 17.4. The van der Waals surface area contributed by atoms with Gasteiger partial charge >= 0.3 is 6.01 Å². The maximum Gasteiger partial charge on any atom is 0.319 e. The van der Waals surface area contributed by atoms with Crippen LogP contribution in [0.4, 0.5) is 20.3 Å². The predicted molar refractivity (Wildman–Crippen MR) is 206 cm³/mol. The van der Waals surface area contributed by atoms with Crippen molar-refractivity contribution in [2.45, 2.75) is 63.4 Å². The van der Waals surface area contributed by atoms with Crippen molar-refractivity contribution in [1.82, 2.24) is 19.4 Å². The van der Waals surface area contributed by atoms with Crippen LogP contribution in [0.3, 0.4) is 0 Å². The monoisotopic (exact) mass is 733 g/mol. The third-order valence-corrected chi connectivity index (χ3v) is 10.6. The first-order chi connectivity index (χ1) is 25.5. The van der Waals surface area contributed by atoms with Crippen LogP contribution >= 0.6 is 11.9 Å². The van der Waals surface area contributed by atoms with Gasteiger partial charge in [-0.2, -0.15) is 15.1 Å². The number of aryl methyl sites for hydroxylation is 1. The van der Waals surface area contributed by atoms with E-state index in [0.29, 0.717) is 47.5 Å². The second kappa shape index (κ2) is 14.8. The number of carbonyl (C=O) groups excluding carboxylic acids is 1. The van der Waals surface area contributed by atoms with Crippen molar-refractivity contribution in [1.29, 1.82) is 0 Å². The standard InChI is InChI=1S/C40H38F2N8O2S/c1-7-30-33(41)18-11-25-9-8-10-31(35(25)30)37-36(42)38-32(19-43-37)39(49-20-27-14-15-28(21-49)48(27)6)46-40(45-38)52-22-34(51)44-26-12-16-29(17-13-26)53-50(24(4)5)47-23(2)3/h1,8-10,12-13,16-17,19,27-28H,4,6,11,14-15,18,20-22H2,2-3,5H3/p+1. The number of fused-ring (bicyclic) bond motifs is 4. The average molecular weight is 734 g/mol. The molecule has 4 aromatic rings. The number of rotatable bonds is 10. The maximum absolute atomic E-state index is 16.8. The van der Waals surface area contributed by atoms with Crippen LogP contribution in [0, 0.1) is 18.2 Å². The molecule has 1 aliphatic carbocycles. The van der Waals surface area contributed by atoms with E-state index in [9.17, 15) is 9.18 Å². The molecule has 4 heterocycles. The number of ether oxygens (including phenoxy) is 1. The highest BCUT2D eigenvalue weighted by molar-refractivity contribution is 7.97. The number of anilines is 2. The molecule has 1 N–H and O–H groups in total. The van der Waals surface area contributed by atoms with Gasteiger partial charge in [-0.1, -0.05) is 30.7 Å². The third kappa shape index (κ3) is 7.24. The minimum absolute atomic E-state index is 0.0163. The molecule has 0 spiro atoms. The molecule has 0 radical (unpaired) electrons. The SMILES string of the molecule is C#CC1=C(F)CCc2cccc(-c3ncc4c(N5CC6CCC(C5)[N+]6=C)nc(OCC(=O)Nc5ccc(SN(N=C(C)C)C(=C)C)cc5)nc4c3F)c21. The summed E-state index contributed by atoms with van der Waals surface area (Å²) in [5.74, 6) is 1.34. The van der Waals surface area contributed by atoms with E-state index in [0.717, 1.165) is 34.7 Å². The summed E-state index contributed by atoms with van der Waals surface area (Å²) in [5.41, 5.74) is 3.94. The van der Waals surface area contributed by atoms with Gasteiger partial charge in [-0.05, 0) is 57.0 Å². The van der Waals surface area contributed by atoms with Gasteiger partial charge in [-0.15, -0.1) is 6.42 Å². The average Bonchev–Trinajstić information content (AvgIpc) is 3.32. The number of hydrogen-bond donors (Lipinski definition) is 1. The van der Waals surface area contributed by atoms with Gasteiger partial charge in [0.25, 0.3) is 5.91 Å². The Morgan fingerprint density at radius 3 is 2.55 bits per heavy atom. The minimum atomic E-state index is -0.724. The number of piperazine rings is 1. The molecule has 2 unspecified atom stereocenters. The Morgan fingerprint density at radius 2 is 1.87 bits per heavy atom. The third-order valence-electron chi connectivity index (χ3n) is 9.54. The van der Waals surface area contributed by atoms with E-state index in [2.05, 4.69) is 49.1 Å². The van der Waals surface area contributed by atoms with E-state index >= 15 is 4.39 Å². The Balaban J connectivity index is 1.18. The molecule has 2 bridgehead atoms. The number of aromatic nitrogens is 3. The topological polar surface area (TPSA) is 98.8 Å². The van der Waals surface area contributed by atoms with Gasteiger partial charge in [0.15, 0.2) is 24.5 Å². The quantitative estimate of drug-likeness (QED) is 0.0592. The summed E-state index contributed by atoms with van der Waals surface area (Å²) < 4.78 is 41.5. The molecule has 0 saturated carbocycles. The largest absolute Gasteiger partial charge is 0.453 e. The van der Waals surface area contributed by atoms with Crippen LogP contribution in [-0.4, -0.2) is 74.1 Å². The van der Waals surface area contributed by atoms with Crippen LogP contribution in [-0.2, 0) is 11.2 Å². The Kier molecular flexibility index (Phi) is 9.98. The van der Waals surface area contributed by atoms with Crippen molar-refractivity contribution in [3.05, 3.63) is 83.7 Å². The molecule has 53 heavy (non-hydrogen) atoms. The molecule has 2 aromatic carbocycles. The lowest BCUT2D eigenvalue weighted by molar-refractivity contribution is -0.573. The van der Waals surface area contributed by atoms with E-state index in [-0.39, 0.29) is 41.3 Å². The number of nitrogens with one attached hydrogen (secondary N) is 1. The van der Waals surface area contributed by atoms with Crippen LogP contribution < -0.4 is 15.0 Å². The van der Waals surface area contributed by atoms with Crippen molar-refractivity contribution >= 4 is 58.3 Å². The number of hydrazone groups is 1. The van der Waals surface area contributed by atoms with Crippen molar-refractivity contribution in [3.63, 3.8) is 0 Å². The van der Waals surface area contributed by atoms with E-state index in [1.165, 1.54) is 11.9 Å². The highest BCUT2D eigenvalue weighted by Crippen LogP contribution is 2.41. The number of pyridine rings is 1. The Bertz CT molecular complexity index is 2250. The summed E-state index contributed by atoms with van der Waals surface area (Å²) in [5, 5.41) is 7.70. The summed E-state index contributed by atoms with van der Waals surface area (Å²) in [6.45, 7) is 14.7. The summed E-state index contributed by atoms with van der Waals surface area (Å²) >= 11 is 1.41. The number of terminal acetylenes is 1. The Labute approximate surface area is 311 Å². The second-order valence-electron chi connectivity index (χ2n) is 13.6. The van der Waals surface area contributed by atoms with Gasteiger partial charge < -0.3 is 15.0 Å². The van der Waals surface area contributed by atoms with E-state index in [1.54, 1.807) is 34.9 Å². The van der Waals surface area contributed by atoms with Gasteiger partial charge in [0.1, 0.15) is 29.6 Å². The Hall–Kier alpha value is -5.61. The lowest BCUT2D eigenvalue weighted by Crippen LogP contribution is -2.49. The van der Waals surface area contributed by atoms with Crippen molar-refractivity contribution in [2.24, 2.45) is 5.10 Å². The fraction of sp³-hybridized carbons (Fsp3) is 0.300. The molecule has 3 aliphatic rings. The maximum atomic E-state index is 16.8. The van der Waals surface area contributed by atoms with E-state index < -0.39 is 24.2 Å². The van der Waals surface area contributed by atoms with Crippen LogP contribution in [0.15, 0.2) is 76.8 Å². The van der Waals surface area contributed by atoms with E-state index in [1.807, 2.05) is 39.0 Å². The summed E-state index contributed by atoms with van der Waals surface area (Å²) in [7, 11) is 0. The molecule has 2 aromatic heterocycles. The number of carbonyl (C=O) groups is 1. The van der Waals surface area contributed by atoms with Gasteiger partial charge in [-0.3, -0.25) is 9.78 Å². The highest BCUT2D eigenvalue weighted by Gasteiger charge is 2.43. The lowest BCUT2D eigenvalue weighted by Gasteiger charge is -2.31. The zero-order valence-electron chi connectivity index (χ0n) is 29.8. The Morgan fingerprint density at radius 1 is 1.13 bits per heavy atom. The zero-order valence-corrected chi connectivity index (χ0v) is 30.6. The summed E-state index contributed by atoms with van der Waals surface area (Å²) in [4.78, 5) is 29.8. The van der Waals surface area contributed by atoms with Crippen molar-refractivity contribution in [3.8, 4) is 29.6 Å². The molecular formula is C40H39F2N8O2S+. The first-order valence-corrected chi connectivity index (χ1v) is 18.1. The number of nitrogens with zero attached hydrogens (tertiary/aromatic N) is 7. The fourth-order valence-corrected chi connectivity index (χ4v) is 7.84. The van der Waals surface area contributed by atoms with Crippen molar-refractivity contribution < 1.29 is 22.9 Å². The second-order valence-corrected chi connectivity index (χ2v) is 14.6. The molecule has 2 fully saturated rings. The minimum Gasteiger partial charge on any atom is -0.453 e. The summed E-state index contributed by atoms with van der Waals surface area (Å²) in [6, 6.07) is 12.9. The van der Waals surface area contributed by atoms with Gasteiger partial charge in [-0.25, -0.2) is 17.8 Å². The molecule has 10 nitrogen and oxygen atoms in total. The zero-order chi connectivity index (χ0) is 37.4. The number of amides is 1. The van der Waals surface area contributed by atoms with Crippen LogP contribution in [0.25, 0.3) is 27.7 Å². The van der Waals surface area contributed by atoms with E-state index in [4.69, 9.17) is 16.1 Å². The molecule has 2 saturated heterocycles. The molecule has 1 amide bonds. The van der Waals surface area contributed by atoms with Crippen LogP contribution in [0.5, 0.6) is 6.01 Å². The number of hydrogen-bond acceptors (Lipinski definition) is 9. The molecule has 2 aliphatic heterocycles. The number of halogens is 2. The first kappa shape index (κ1) is 35.8. The normalized spacial score (nSPS) is 17.7. The molecule has 270 valence electrons. The van der Waals surface area contributed by atoms with Gasteiger partial charge in [0.05, 0.1) is 24.0 Å². The van der Waals surface area contributed by atoms with Gasteiger partial charge in [0.2, 0.25) is 0 Å². The highest BCUT2D eigenvalue weighted by atomic mass is 32.2. The van der Waals surface area contributed by atoms with Crippen molar-refractivity contribution in [2.75, 3.05) is 29.9 Å². The molecule has 13 heteroatoms. The lowest BCUT2D eigenvalue weighted by atomic mass is 9.85. The summed E-state index contributed by atoms with van der Waals surface area (Å²) in [6.07, 6.45) is 9.90. The number of benzene rings is 2.